The Labute approximate surface area is 200 Å². The van der Waals surface area contributed by atoms with E-state index in [1.807, 2.05) is 89.7 Å². The molecule has 1 aliphatic heterocycles. The number of amides is 1. The quantitative estimate of drug-likeness (QED) is 0.399. The van der Waals surface area contributed by atoms with Gasteiger partial charge in [-0.2, -0.15) is 5.10 Å². The van der Waals surface area contributed by atoms with Crippen LogP contribution in [0.25, 0.3) is 28.0 Å². The van der Waals surface area contributed by atoms with E-state index in [2.05, 4.69) is 9.97 Å². The largest absolute Gasteiger partial charge is 0.344 e. The normalized spacial score (nSPS) is 15.8. The van der Waals surface area contributed by atoms with Gasteiger partial charge in [-0.3, -0.25) is 4.79 Å². The van der Waals surface area contributed by atoms with Crippen molar-refractivity contribution < 1.29 is 9.53 Å². The van der Waals surface area contributed by atoms with Crippen LogP contribution in [0, 0.1) is 0 Å². The Kier molecular flexibility index (Phi) is 5.27. The van der Waals surface area contributed by atoms with E-state index in [4.69, 9.17) is 9.84 Å². The first-order valence-corrected chi connectivity index (χ1v) is 11.5. The van der Waals surface area contributed by atoms with Crippen LogP contribution < -0.4 is 5.69 Å². The summed E-state index contributed by atoms with van der Waals surface area (Å²) in [7, 11) is 0. The number of fused-ring (bicyclic) bond motifs is 1. The number of benzene rings is 3. The first-order chi connectivity index (χ1) is 17.2. The number of ether oxygens (including phenoxy) is 1. The monoisotopic (exact) mass is 465 g/mol. The highest BCUT2D eigenvalue weighted by molar-refractivity contribution is 5.80. The highest BCUT2D eigenvalue weighted by atomic mass is 16.5. The number of hydrogen-bond acceptors (Lipinski definition) is 4. The molecule has 1 saturated heterocycles. The van der Waals surface area contributed by atoms with E-state index in [9.17, 15) is 9.59 Å². The SMILES string of the molecule is O=C1CO[C@H](c2cn(-c3ccccc3)nc2-c2ccccc2)N1CCc1ccc2[nH]c(=O)[nH]c2c1. The van der Waals surface area contributed by atoms with Gasteiger partial charge in [-0.1, -0.05) is 54.6 Å². The van der Waals surface area contributed by atoms with Crippen LogP contribution in [0.1, 0.15) is 17.4 Å². The second-order valence-electron chi connectivity index (χ2n) is 8.54. The van der Waals surface area contributed by atoms with E-state index in [0.29, 0.717) is 13.0 Å². The van der Waals surface area contributed by atoms with Crippen LogP contribution in [-0.4, -0.2) is 43.7 Å². The van der Waals surface area contributed by atoms with Crippen molar-refractivity contribution in [3.8, 4) is 16.9 Å². The van der Waals surface area contributed by atoms with Crippen LogP contribution in [0.15, 0.2) is 89.9 Å². The van der Waals surface area contributed by atoms with Gasteiger partial charge in [0.15, 0.2) is 6.23 Å². The van der Waals surface area contributed by atoms with Gasteiger partial charge in [0.05, 0.1) is 16.7 Å². The van der Waals surface area contributed by atoms with Crippen molar-refractivity contribution in [1.82, 2.24) is 24.6 Å². The molecule has 5 aromatic rings. The summed E-state index contributed by atoms with van der Waals surface area (Å²) >= 11 is 0. The molecule has 35 heavy (non-hydrogen) atoms. The number of hydrogen-bond donors (Lipinski definition) is 2. The third-order valence-corrected chi connectivity index (χ3v) is 6.27. The summed E-state index contributed by atoms with van der Waals surface area (Å²) in [6, 6.07) is 25.6. The number of carbonyl (C=O) groups is 1. The predicted molar refractivity (Wildman–Crippen MR) is 132 cm³/mol. The fourth-order valence-corrected chi connectivity index (χ4v) is 4.54. The van der Waals surface area contributed by atoms with Gasteiger partial charge in [-0.05, 0) is 36.2 Å². The Balaban J connectivity index is 1.33. The molecule has 0 spiro atoms. The van der Waals surface area contributed by atoms with E-state index < -0.39 is 6.23 Å². The lowest BCUT2D eigenvalue weighted by atomic mass is 10.1. The van der Waals surface area contributed by atoms with Crippen molar-refractivity contribution in [1.29, 1.82) is 0 Å². The zero-order valence-corrected chi connectivity index (χ0v) is 18.8. The molecule has 1 fully saturated rings. The summed E-state index contributed by atoms with van der Waals surface area (Å²) in [5.41, 5.74) is 5.82. The van der Waals surface area contributed by atoms with Crippen molar-refractivity contribution in [2.45, 2.75) is 12.6 Å². The summed E-state index contributed by atoms with van der Waals surface area (Å²) < 4.78 is 7.84. The van der Waals surface area contributed by atoms with Crippen LogP contribution in [0.5, 0.6) is 0 Å². The molecule has 1 aliphatic rings. The molecule has 3 heterocycles. The number of imidazole rings is 1. The number of nitrogens with one attached hydrogen (secondary N) is 2. The summed E-state index contributed by atoms with van der Waals surface area (Å²) in [4.78, 5) is 31.7. The van der Waals surface area contributed by atoms with Crippen molar-refractivity contribution in [2.75, 3.05) is 13.2 Å². The van der Waals surface area contributed by atoms with Crippen LogP contribution in [0.2, 0.25) is 0 Å². The summed E-state index contributed by atoms with van der Waals surface area (Å²) in [5.74, 6) is -0.0578. The maximum atomic E-state index is 12.8. The Hall–Kier alpha value is -4.43. The molecule has 0 bridgehead atoms. The van der Waals surface area contributed by atoms with Gasteiger partial charge in [0.1, 0.15) is 12.3 Å². The molecule has 1 amide bonds. The molecular weight excluding hydrogens is 442 g/mol. The zero-order valence-electron chi connectivity index (χ0n) is 18.8. The van der Waals surface area contributed by atoms with Gasteiger partial charge in [0.25, 0.3) is 5.91 Å². The molecule has 0 radical (unpaired) electrons. The van der Waals surface area contributed by atoms with Crippen LogP contribution >= 0.6 is 0 Å². The Bertz CT molecular complexity index is 1550. The van der Waals surface area contributed by atoms with E-state index in [1.165, 1.54) is 0 Å². The molecule has 0 aliphatic carbocycles. The number of aromatic amines is 2. The van der Waals surface area contributed by atoms with E-state index in [0.717, 1.165) is 39.1 Å². The van der Waals surface area contributed by atoms with Crippen molar-refractivity contribution >= 4 is 16.9 Å². The lowest BCUT2D eigenvalue weighted by Crippen LogP contribution is -2.30. The molecule has 0 unspecified atom stereocenters. The van der Waals surface area contributed by atoms with Gasteiger partial charge < -0.3 is 19.6 Å². The minimum Gasteiger partial charge on any atom is -0.344 e. The molecule has 8 heteroatoms. The molecule has 2 aromatic heterocycles. The smallest absolute Gasteiger partial charge is 0.323 e. The molecule has 3 aromatic carbocycles. The van der Waals surface area contributed by atoms with Crippen molar-refractivity contribution in [2.24, 2.45) is 0 Å². The molecule has 8 nitrogen and oxygen atoms in total. The fraction of sp³-hybridized carbons (Fsp3) is 0.148. The van der Waals surface area contributed by atoms with Crippen molar-refractivity contribution in [3.63, 3.8) is 0 Å². The number of carbonyl (C=O) groups excluding carboxylic acids is 1. The predicted octanol–water partition coefficient (Wildman–Crippen LogP) is 3.81. The Morgan fingerprint density at radius 2 is 1.66 bits per heavy atom. The van der Waals surface area contributed by atoms with Gasteiger partial charge in [0.2, 0.25) is 0 Å². The second kappa shape index (κ2) is 8.73. The maximum Gasteiger partial charge on any atom is 0.323 e. The van der Waals surface area contributed by atoms with Gasteiger partial charge in [-0.15, -0.1) is 0 Å². The minimum absolute atomic E-state index is 0.0274. The summed E-state index contributed by atoms with van der Waals surface area (Å²) in [6.07, 6.45) is 2.04. The van der Waals surface area contributed by atoms with E-state index in [-0.39, 0.29) is 18.2 Å². The lowest BCUT2D eigenvalue weighted by Gasteiger charge is -2.23. The molecule has 174 valence electrons. The second-order valence-corrected chi connectivity index (χ2v) is 8.54. The third-order valence-electron chi connectivity index (χ3n) is 6.27. The van der Waals surface area contributed by atoms with Crippen LogP contribution in [0.3, 0.4) is 0 Å². The highest BCUT2D eigenvalue weighted by Gasteiger charge is 2.36. The molecule has 2 N–H and O–H groups in total. The average molecular weight is 466 g/mol. The number of para-hydroxylation sites is 1. The lowest BCUT2D eigenvalue weighted by molar-refractivity contribution is -0.128. The minimum atomic E-state index is -0.536. The van der Waals surface area contributed by atoms with Gasteiger partial charge in [0, 0.05) is 23.9 Å². The first-order valence-electron chi connectivity index (χ1n) is 11.5. The average Bonchev–Trinajstić information content (AvgIpc) is 3.59. The topological polar surface area (TPSA) is 96.0 Å². The molecular formula is C27H23N5O3. The highest BCUT2D eigenvalue weighted by Crippen LogP contribution is 2.35. The number of nitrogens with zero attached hydrogens (tertiary/aromatic N) is 3. The Morgan fingerprint density at radius 1 is 0.914 bits per heavy atom. The summed E-state index contributed by atoms with van der Waals surface area (Å²) in [6.45, 7) is 0.508. The molecule has 0 saturated carbocycles. The van der Waals surface area contributed by atoms with Crippen LogP contribution in [0.4, 0.5) is 0 Å². The Morgan fingerprint density at radius 3 is 2.46 bits per heavy atom. The fourth-order valence-electron chi connectivity index (χ4n) is 4.54. The number of rotatable bonds is 6. The standard InChI is InChI=1S/C27H23N5O3/c33-24-17-35-26(31(24)14-13-18-11-12-22-23(15-18)29-27(34)28-22)21-16-32(20-9-5-2-6-10-20)30-25(21)19-7-3-1-4-8-19/h1-12,15-16,26H,13-14,17H2,(H2,28,29,34)/t26-/m1/s1. The molecule has 1 atom stereocenters. The number of aromatic nitrogens is 4. The van der Waals surface area contributed by atoms with Gasteiger partial charge >= 0.3 is 5.69 Å². The van der Waals surface area contributed by atoms with E-state index >= 15 is 0 Å². The van der Waals surface area contributed by atoms with Crippen LogP contribution in [-0.2, 0) is 16.0 Å². The summed E-state index contributed by atoms with van der Waals surface area (Å²) in [5, 5.41) is 4.87. The first kappa shape index (κ1) is 21.1. The van der Waals surface area contributed by atoms with E-state index in [1.54, 1.807) is 4.90 Å². The maximum absolute atomic E-state index is 12.8. The zero-order chi connectivity index (χ0) is 23.8. The van der Waals surface area contributed by atoms with Crippen molar-refractivity contribution in [3.05, 3.63) is 107 Å². The molecule has 6 rings (SSSR count). The number of H-pyrrole nitrogens is 2. The van der Waals surface area contributed by atoms with Gasteiger partial charge in [-0.25, -0.2) is 9.48 Å². The third kappa shape index (κ3) is 4.04.